The molecule has 1 amide bonds. The van der Waals surface area contributed by atoms with Crippen LogP contribution in [0.4, 0.5) is 0 Å². The Balaban J connectivity index is 1.40. The van der Waals surface area contributed by atoms with Crippen molar-refractivity contribution in [2.75, 3.05) is 11.6 Å². The van der Waals surface area contributed by atoms with Crippen LogP contribution in [0, 0.1) is 12.8 Å². The highest BCUT2D eigenvalue weighted by Crippen LogP contribution is 2.32. The first-order valence-electron chi connectivity index (χ1n) is 12.1. The first-order chi connectivity index (χ1) is 17.0. The van der Waals surface area contributed by atoms with E-state index in [1.807, 2.05) is 30.3 Å². The molecule has 1 fully saturated rings. The molecular formula is C27H30N6OS. The molecule has 0 aliphatic heterocycles. The summed E-state index contributed by atoms with van der Waals surface area (Å²) >= 11 is 1.30. The third kappa shape index (κ3) is 5.03. The third-order valence-corrected chi connectivity index (χ3v) is 7.70. The zero-order valence-corrected chi connectivity index (χ0v) is 20.9. The molecule has 180 valence electrons. The van der Waals surface area contributed by atoms with Crippen molar-refractivity contribution >= 4 is 28.6 Å². The number of benzene rings is 2. The molecule has 1 aliphatic rings. The Morgan fingerprint density at radius 2 is 1.89 bits per heavy atom. The number of nitrogens with zero attached hydrogens (tertiary/aromatic N) is 4. The molecule has 0 radical (unpaired) electrons. The molecule has 1 saturated carbocycles. The van der Waals surface area contributed by atoms with Gasteiger partial charge in [0, 0.05) is 22.6 Å². The van der Waals surface area contributed by atoms with E-state index in [0.29, 0.717) is 16.9 Å². The van der Waals surface area contributed by atoms with Crippen LogP contribution in [0.3, 0.4) is 0 Å². The van der Waals surface area contributed by atoms with Crippen LogP contribution in [0.2, 0.25) is 0 Å². The minimum Gasteiger partial charge on any atom is -0.352 e. The molecule has 3 N–H and O–H groups in total. The number of para-hydroxylation sites is 1. The molecule has 2 aromatic carbocycles. The number of fused-ring (bicyclic) bond motifs is 1. The summed E-state index contributed by atoms with van der Waals surface area (Å²) in [5.74, 6) is 7.77. The molecule has 0 bridgehead atoms. The highest BCUT2D eigenvalue weighted by molar-refractivity contribution is 7.99. The maximum Gasteiger partial charge on any atom is 0.230 e. The van der Waals surface area contributed by atoms with E-state index in [9.17, 15) is 4.79 Å². The lowest BCUT2D eigenvalue weighted by Crippen LogP contribution is -2.41. The maximum absolute atomic E-state index is 12.6. The first kappa shape index (κ1) is 23.4. The molecule has 2 atom stereocenters. The average Bonchev–Trinajstić information content (AvgIpc) is 3.24. The Morgan fingerprint density at radius 1 is 1.11 bits per heavy atom. The number of nitrogens with two attached hydrogens (primary N) is 1. The number of aryl methyl sites for hydroxylation is 1. The molecule has 0 saturated heterocycles. The van der Waals surface area contributed by atoms with E-state index in [4.69, 9.17) is 10.8 Å². The summed E-state index contributed by atoms with van der Waals surface area (Å²) in [6.45, 7) is 4.28. The minimum absolute atomic E-state index is 0.00863. The van der Waals surface area contributed by atoms with Crippen LogP contribution in [-0.2, 0) is 4.79 Å². The summed E-state index contributed by atoms with van der Waals surface area (Å²) in [6.07, 6.45) is 4.64. The molecule has 8 heteroatoms. The van der Waals surface area contributed by atoms with Crippen LogP contribution in [-0.4, -0.2) is 37.6 Å². The molecule has 4 aromatic rings. The molecule has 35 heavy (non-hydrogen) atoms. The van der Waals surface area contributed by atoms with Crippen molar-refractivity contribution in [1.29, 1.82) is 0 Å². The van der Waals surface area contributed by atoms with Crippen molar-refractivity contribution in [3.63, 3.8) is 0 Å². The first-order valence-corrected chi connectivity index (χ1v) is 13.1. The number of nitrogens with one attached hydrogen (secondary N) is 1. The number of nitrogen functional groups attached to an aromatic ring is 1. The number of carbonyl (C=O) groups is 1. The highest BCUT2D eigenvalue weighted by atomic mass is 32.2. The van der Waals surface area contributed by atoms with Gasteiger partial charge in [0.2, 0.25) is 11.1 Å². The number of hydrogen-bond donors (Lipinski definition) is 2. The minimum atomic E-state index is 0.00863. The average molecular weight is 487 g/mol. The molecule has 0 unspecified atom stereocenters. The summed E-state index contributed by atoms with van der Waals surface area (Å²) in [6, 6.07) is 18.5. The van der Waals surface area contributed by atoms with Gasteiger partial charge in [0.05, 0.1) is 17.0 Å². The molecule has 1 aliphatic carbocycles. The van der Waals surface area contributed by atoms with Crippen molar-refractivity contribution < 1.29 is 4.79 Å². The Morgan fingerprint density at radius 3 is 2.69 bits per heavy atom. The number of thioether (sulfide) groups is 1. The zero-order valence-electron chi connectivity index (χ0n) is 20.1. The molecule has 7 nitrogen and oxygen atoms in total. The van der Waals surface area contributed by atoms with E-state index in [2.05, 4.69) is 53.6 Å². The summed E-state index contributed by atoms with van der Waals surface area (Å²) in [7, 11) is 0. The maximum atomic E-state index is 12.6. The predicted molar refractivity (Wildman–Crippen MR) is 141 cm³/mol. The lowest BCUT2D eigenvalue weighted by atomic mass is 9.86. The lowest BCUT2D eigenvalue weighted by Gasteiger charge is -2.29. The summed E-state index contributed by atoms with van der Waals surface area (Å²) in [4.78, 5) is 17.4. The quantitative estimate of drug-likeness (QED) is 0.295. The van der Waals surface area contributed by atoms with Gasteiger partial charge < -0.3 is 11.2 Å². The Hall–Kier alpha value is -3.39. The van der Waals surface area contributed by atoms with Crippen LogP contribution in [0.1, 0.15) is 38.2 Å². The van der Waals surface area contributed by atoms with Gasteiger partial charge in [0.25, 0.3) is 0 Å². The molecule has 2 aromatic heterocycles. The van der Waals surface area contributed by atoms with Crippen molar-refractivity contribution in [2.24, 2.45) is 5.92 Å². The van der Waals surface area contributed by atoms with Gasteiger partial charge in [-0.3, -0.25) is 4.79 Å². The second-order valence-corrected chi connectivity index (χ2v) is 10.3. The summed E-state index contributed by atoms with van der Waals surface area (Å²) < 4.78 is 1.47. The van der Waals surface area contributed by atoms with Gasteiger partial charge in [-0.25, -0.2) is 9.66 Å². The van der Waals surface area contributed by atoms with Crippen LogP contribution in [0.25, 0.3) is 33.5 Å². The van der Waals surface area contributed by atoms with Crippen molar-refractivity contribution in [2.45, 2.75) is 50.7 Å². The Bertz CT molecular complexity index is 1350. The van der Waals surface area contributed by atoms with Crippen LogP contribution in [0.15, 0.2) is 59.8 Å². The Labute approximate surface area is 209 Å². The van der Waals surface area contributed by atoms with E-state index in [0.717, 1.165) is 34.1 Å². The van der Waals surface area contributed by atoms with Crippen LogP contribution >= 0.6 is 11.8 Å². The number of rotatable bonds is 6. The lowest BCUT2D eigenvalue weighted by molar-refractivity contribution is -0.119. The van der Waals surface area contributed by atoms with Gasteiger partial charge in [-0.15, -0.1) is 10.2 Å². The fourth-order valence-electron chi connectivity index (χ4n) is 4.70. The summed E-state index contributed by atoms with van der Waals surface area (Å²) in [5.41, 5.74) is 4.78. The van der Waals surface area contributed by atoms with E-state index >= 15 is 0 Å². The van der Waals surface area contributed by atoms with E-state index < -0.39 is 0 Å². The van der Waals surface area contributed by atoms with Crippen LogP contribution < -0.4 is 11.2 Å². The van der Waals surface area contributed by atoms with Gasteiger partial charge in [-0.2, -0.15) is 0 Å². The van der Waals surface area contributed by atoms with Gasteiger partial charge >= 0.3 is 0 Å². The SMILES string of the molecule is Cc1ccc(-c2cc(-c3nnc(SCC(=O)N[C@H]4CCCC[C@H]4C)n3N)c3ccccc3n2)cc1. The Kier molecular flexibility index (Phi) is 6.72. The van der Waals surface area contributed by atoms with Gasteiger partial charge in [-0.05, 0) is 37.8 Å². The van der Waals surface area contributed by atoms with E-state index in [-0.39, 0.29) is 17.7 Å². The van der Waals surface area contributed by atoms with Crippen molar-refractivity contribution in [1.82, 2.24) is 25.2 Å². The largest absolute Gasteiger partial charge is 0.352 e. The monoisotopic (exact) mass is 486 g/mol. The number of amides is 1. The number of pyridine rings is 1. The smallest absolute Gasteiger partial charge is 0.230 e. The number of aromatic nitrogens is 4. The van der Waals surface area contributed by atoms with Gasteiger partial charge in [0.1, 0.15) is 0 Å². The number of hydrogen-bond acceptors (Lipinski definition) is 6. The molecule has 0 spiro atoms. The zero-order chi connectivity index (χ0) is 24.4. The molecular weight excluding hydrogens is 456 g/mol. The van der Waals surface area contributed by atoms with Crippen LogP contribution in [0.5, 0.6) is 0 Å². The summed E-state index contributed by atoms with van der Waals surface area (Å²) in [5, 5.41) is 13.3. The highest BCUT2D eigenvalue weighted by Gasteiger charge is 2.23. The fourth-order valence-corrected chi connectivity index (χ4v) is 5.37. The number of carbonyl (C=O) groups excluding carboxylic acids is 1. The van der Waals surface area contributed by atoms with Gasteiger partial charge in [-0.1, -0.05) is 79.6 Å². The van der Waals surface area contributed by atoms with Gasteiger partial charge in [0.15, 0.2) is 5.82 Å². The van der Waals surface area contributed by atoms with E-state index in [1.165, 1.54) is 41.3 Å². The standard InChI is InChI=1S/C27H30N6OS/c1-17-11-13-19(14-12-17)24-15-21(20-8-4-6-10-23(20)29-24)26-31-32-27(33(26)28)35-16-25(34)30-22-9-5-3-7-18(22)2/h4,6,8,10-15,18,22H,3,5,7,9,16,28H2,1-2H3,(H,30,34)/t18-,22+/m1/s1. The van der Waals surface area contributed by atoms with Crippen molar-refractivity contribution in [3.05, 3.63) is 60.2 Å². The normalized spacial score (nSPS) is 18.0. The fraction of sp³-hybridized carbons (Fsp3) is 0.333. The molecule has 5 rings (SSSR count). The second kappa shape index (κ2) is 10.1. The van der Waals surface area contributed by atoms with E-state index in [1.54, 1.807) is 0 Å². The topological polar surface area (TPSA) is 98.7 Å². The molecule has 2 heterocycles. The predicted octanol–water partition coefficient (Wildman–Crippen LogP) is 4.97. The third-order valence-electron chi connectivity index (χ3n) is 6.76. The van der Waals surface area contributed by atoms with Crippen molar-refractivity contribution in [3.8, 4) is 22.6 Å². The second-order valence-electron chi connectivity index (χ2n) is 9.34.